The van der Waals surface area contributed by atoms with Crippen molar-refractivity contribution in [1.29, 1.82) is 0 Å². The summed E-state index contributed by atoms with van der Waals surface area (Å²) in [5, 5.41) is 19.4. The van der Waals surface area contributed by atoms with Gasteiger partial charge in [-0.1, -0.05) is 6.08 Å². The summed E-state index contributed by atoms with van der Waals surface area (Å²) in [5.74, 6) is -3.74. The van der Waals surface area contributed by atoms with Crippen molar-refractivity contribution in [2.45, 2.75) is 38.6 Å². The third kappa shape index (κ3) is 3.54. The number of hydrogen-bond acceptors (Lipinski definition) is 6. The van der Waals surface area contributed by atoms with Crippen LogP contribution in [0.3, 0.4) is 0 Å². The minimum atomic E-state index is -2.37. The Hall–Kier alpha value is -1.40. The van der Waals surface area contributed by atoms with E-state index in [-0.39, 0.29) is 25.0 Å². The summed E-state index contributed by atoms with van der Waals surface area (Å²) in [6.45, 7) is 2.97. The highest BCUT2D eigenvalue weighted by Gasteiger charge is 2.36. The quantitative estimate of drug-likeness (QED) is 0.350. The van der Waals surface area contributed by atoms with Gasteiger partial charge in [0.05, 0.1) is 12.0 Å². The molecule has 1 fully saturated rings. The molecule has 6 nitrogen and oxygen atoms in total. The molecule has 0 saturated carbocycles. The van der Waals surface area contributed by atoms with E-state index < -0.39 is 23.8 Å². The predicted octanol–water partition coefficient (Wildman–Crippen LogP) is -0.118. The van der Waals surface area contributed by atoms with E-state index in [1.54, 1.807) is 6.92 Å². The standard InChI is InChI=1S/C11H16O6/c1-3-8-10(13)16-6-7(2)17-9(12)4-5-11(8,14)15/h3,7,14-15H,4-6H2,1-2H3. The van der Waals surface area contributed by atoms with Gasteiger partial charge in [0, 0.05) is 6.42 Å². The molecule has 1 aliphatic rings. The molecule has 17 heavy (non-hydrogen) atoms. The molecule has 0 aromatic rings. The molecular formula is C11H16O6. The molecular weight excluding hydrogens is 228 g/mol. The number of cyclic esters (lactones) is 2. The lowest BCUT2D eigenvalue weighted by Gasteiger charge is -2.25. The number of ether oxygens (including phenoxy) is 2. The molecule has 0 spiro atoms. The zero-order valence-electron chi connectivity index (χ0n) is 9.80. The molecule has 0 aliphatic carbocycles. The molecule has 0 aromatic carbocycles. The summed E-state index contributed by atoms with van der Waals surface area (Å²) < 4.78 is 9.69. The van der Waals surface area contributed by atoms with Crippen molar-refractivity contribution >= 4 is 11.9 Å². The van der Waals surface area contributed by atoms with Gasteiger partial charge >= 0.3 is 11.9 Å². The monoisotopic (exact) mass is 244 g/mol. The fraction of sp³-hybridized carbons (Fsp3) is 0.636. The first kappa shape index (κ1) is 13.7. The van der Waals surface area contributed by atoms with E-state index in [1.807, 2.05) is 0 Å². The van der Waals surface area contributed by atoms with Gasteiger partial charge in [0.15, 0.2) is 5.79 Å². The summed E-state index contributed by atoms with van der Waals surface area (Å²) in [7, 11) is 0. The van der Waals surface area contributed by atoms with Gasteiger partial charge in [0.25, 0.3) is 0 Å². The molecule has 6 heteroatoms. The highest BCUT2D eigenvalue weighted by Crippen LogP contribution is 2.22. The molecule has 2 N–H and O–H groups in total. The van der Waals surface area contributed by atoms with Crippen molar-refractivity contribution in [2.75, 3.05) is 6.61 Å². The third-order valence-corrected chi connectivity index (χ3v) is 2.40. The zero-order chi connectivity index (χ0) is 13.1. The Balaban J connectivity index is 2.91. The van der Waals surface area contributed by atoms with E-state index >= 15 is 0 Å². The third-order valence-electron chi connectivity index (χ3n) is 2.40. The number of carbonyl (C=O) groups is 2. The molecule has 0 aromatic heterocycles. The van der Waals surface area contributed by atoms with Crippen LogP contribution in [-0.2, 0) is 19.1 Å². The molecule has 1 rings (SSSR count). The fourth-order valence-corrected chi connectivity index (χ4v) is 1.51. The second-order valence-corrected chi connectivity index (χ2v) is 3.92. The van der Waals surface area contributed by atoms with Gasteiger partial charge < -0.3 is 19.7 Å². The van der Waals surface area contributed by atoms with Gasteiger partial charge in [-0.05, 0) is 13.8 Å². The zero-order valence-corrected chi connectivity index (χ0v) is 9.80. The van der Waals surface area contributed by atoms with Crippen LogP contribution in [-0.4, -0.2) is 40.6 Å². The minimum Gasteiger partial charge on any atom is -0.459 e. The maximum atomic E-state index is 11.6. The summed E-state index contributed by atoms with van der Waals surface area (Å²) in [4.78, 5) is 22.8. The summed E-state index contributed by atoms with van der Waals surface area (Å²) in [6.07, 6.45) is 0.226. The van der Waals surface area contributed by atoms with Gasteiger partial charge in [0.2, 0.25) is 0 Å². The predicted molar refractivity (Wildman–Crippen MR) is 56.7 cm³/mol. The van der Waals surface area contributed by atoms with Gasteiger partial charge in [-0.3, -0.25) is 4.79 Å². The normalized spacial score (nSPS) is 28.5. The van der Waals surface area contributed by atoms with Crippen LogP contribution in [0.2, 0.25) is 0 Å². The molecule has 1 saturated heterocycles. The van der Waals surface area contributed by atoms with Crippen LogP contribution in [0.1, 0.15) is 26.7 Å². The van der Waals surface area contributed by atoms with Crippen LogP contribution in [0.25, 0.3) is 0 Å². The Morgan fingerprint density at radius 1 is 1.41 bits per heavy atom. The van der Waals surface area contributed by atoms with E-state index in [0.717, 1.165) is 0 Å². The van der Waals surface area contributed by atoms with Crippen LogP contribution in [0, 0.1) is 0 Å². The van der Waals surface area contributed by atoms with Gasteiger partial charge in [-0.25, -0.2) is 4.79 Å². The highest BCUT2D eigenvalue weighted by atomic mass is 16.6. The van der Waals surface area contributed by atoms with Crippen LogP contribution in [0.5, 0.6) is 0 Å². The maximum Gasteiger partial charge on any atom is 0.339 e. The number of hydrogen-bond donors (Lipinski definition) is 2. The van der Waals surface area contributed by atoms with E-state index in [4.69, 9.17) is 9.47 Å². The first-order valence-electron chi connectivity index (χ1n) is 5.35. The van der Waals surface area contributed by atoms with E-state index in [0.29, 0.717) is 0 Å². The summed E-state index contributed by atoms with van der Waals surface area (Å²) in [5.41, 5.74) is -0.264. The number of aliphatic hydroxyl groups is 2. The van der Waals surface area contributed by atoms with E-state index in [9.17, 15) is 19.8 Å². The fourth-order valence-electron chi connectivity index (χ4n) is 1.51. The Kier molecular flexibility index (Phi) is 4.25. The second kappa shape index (κ2) is 5.29. The maximum absolute atomic E-state index is 11.6. The Labute approximate surface area is 98.8 Å². The lowest BCUT2D eigenvalue weighted by Crippen LogP contribution is -2.38. The minimum absolute atomic E-state index is 0.113. The molecule has 1 atom stereocenters. The first-order chi connectivity index (χ1) is 7.86. The number of carbonyl (C=O) groups excluding carboxylic acids is 2. The van der Waals surface area contributed by atoms with E-state index in [1.165, 1.54) is 13.0 Å². The second-order valence-electron chi connectivity index (χ2n) is 3.92. The molecule has 0 bridgehead atoms. The Morgan fingerprint density at radius 3 is 2.65 bits per heavy atom. The first-order valence-corrected chi connectivity index (χ1v) is 5.35. The molecule has 1 heterocycles. The Bertz CT molecular complexity index is 344. The van der Waals surface area contributed by atoms with Crippen molar-refractivity contribution < 1.29 is 29.3 Å². The van der Waals surface area contributed by atoms with Crippen LogP contribution < -0.4 is 0 Å². The molecule has 1 unspecified atom stereocenters. The van der Waals surface area contributed by atoms with Gasteiger partial charge in [0.1, 0.15) is 12.7 Å². The van der Waals surface area contributed by atoms with Crippen molar-refractivity contribution in [1.82, 2.24) is 0 Å². The molecule has 1 aliphatic heterocycles. The smallest absolute Gasteiger partial charge is 0.339 e. The lowest BCUT2D eigenvalue weighted by molar-refractivity contribution is -0.176. The number of allylic oxidation sites excluding steroid dienone is 1. The number of esters is 2. The lowest BCUT2D eigenvalue weighted by atomic mass is 10.0. The summed E-state index contributed by atoms with van der Waals surface area (Å²) >= 11 is 0. The topological polar surface area (TPSA) is 93.1 Å². The van der Waals surface area contributed by atoms with Crippen molar-refractivity contribution in [2.24, 2.45) is 0 Å². The highest BCUT2D eigenvalue weighted by molar-refractivity contribution is 5.90. The van der Waals surface area contributed by atoms with Crippen LogP contribution in [0.15, 0.2) is 11.6 Å². The van der Waals surface area contributed by atoms with E-state index in [2.05, 4.69) is 0 Å². The Morgan fingerprint density at radius 2 is 2.06 bits per heavy atom. The molecule has 0 amide bonds. The average molecular weight is 244 g/mol. The number of rotatable bonds is 0. The molecule has 96 valence electrons. The van der Waals surface area contributed by atoms with Gasteiger partial charge in [-0.15, -0.1) is 0 Å². The summed E-state index contributed by atoms with van der Waals surface area (Å²) in [6, 6.07) is 0. The average Bonchev–Trinajstić information content (AvgIpc) is 2.23. The SMILES string of the molecule is CC=C1C(=O)OCC(C)OC(=O)CCC1(O)O. The molecule has 0 radical (unpaired) electrons. The van der Waals surface area contributed by atoms with Gasteiger partial charge in [-0.2, -0.15) is 0 Å². The van der Waals surface area contributed by atoms with Crippen molar-refractivity contribution in [3.05, 3.63) is 11.6 Å². The van der Waals surface area contributed by atoms with Crippen LogP contribution >= 0.6 is 0 Å². The van der Waals surface area contributed by atoms with Crippen LogP contribution in [0.4, 0.5) is 0 Å². The largest absolute Gasteiger partial charge is 0.459 e. The van der Waals surface area contributed by atoms with Crippen molar-refractivity contribution in [3.8, 4) is 0 Å². The van der Waals surface area contributed by atoms with Crippen molar-refractivity contribution in [3.63, 3.8) is 0 Å².